The lowest BCUT2D eigenvalue weighted by Crippen LogP contribution is -2.40. The summed E-state index contributed by atoms with van der Waals surface area (Å²) in [4.78, 5) is 12.7. The second kappa shape index (κ2) is 8.23. The third-order valence-electron chi connectivity index (χ3n) is 4.09. The Morgan fingerprint density at radius 3 is 2.32 bits per heavy atom. The molecule has 0 saturated heterocycles. The average Bonchev–Trinajstić information content (AvgIpc) is 2.54. The smallest absolute Gasteiger partial charge is 0.255 e. The van der Waals surface area contributed by atoms with Crippen molar-refractivity contribution in [2.24, 2.45) is 0 Å². The van der Waals surface area contributed by atoms with Gasteiger partial charge in [-0.05, 0) is 62.9 Å². The first kappa shape index (κ1) is 22.4. The Kier molecular flexibility index (Phi) is 6.58. The third-order valence-corrected chi connectivity index (χ3v) is 6.33. The van der Waals surface area contributed by atoms with Crippen molar-refractivity contribution >= 4 is 33.2 Å². The Hall–Kier alpha value is -1.89. The predicted molar refractivity (Wildman–Crippen MR) is 115 cm³/mol. The van der Waals surface area contributed by atoms with Crippen molar-refractivity contribution < 1.29 is 13.2 Å². The van der Waals surface area contributed by atoms with Crippen molar-refractivity contribution in [3.05, 3.63) is 58.1 Å². The van der Waals surface area contributed by atoms with Crippen LogP contribution in [0.1, 0.15) is 62.0 Å². The van der Waals surface area contributed by atoms with Gasteiger partial charge in [0.15, 0.2) is 0 Å². The molecular formula is C21H27ClN2O3S. The van der Waals surface area contributed by atoms with E-state index in [9.17, 15) is 13.2 Å². The number of hydrogen-bond donors (Lipinski definition) is 2. The maximum atomic E-state index is 12.8. The first-order chi connectivity index (χ1) is 12.8. The van der Waals surface area contributed by atoms with E-state index < -0.39 is 15.6 Å². The highest BCUT2D eigenvalue weighted by atomic mass is 35.5. The molecule has 0 aromatic heterocycles. The van der Waals surface area contributed by atoms with E-state index in [1.54, 1.807) is 20.8 Å². The molecule has 2 aromatic rings. The van der Waals surface area contributed by atoms with E-state index in [-0.39, 0.29) is 27.3 Å². The van der Waals surface area contributed by atoms with Crippen molar-refractivity contribution in [1.29, 1.82) is 0 Å². The Labute approximate surface area is 172 Å². The van der Waals surface area contributed by atoms with Crippen LogP contribution in [0.3, 0.4) is 0 Å². The minimum Gasteiger partial charge on any atom is -0.321 e. The normalized spacial score (nSPS) is 12.3. The quantitative estimate of drug-likeness (QED) is 0.703. The summed E-state index contributed by atoms with van der Waals surface area (Å²) in [5.74, 6) is -0.160. The summed E-state index contributed by atoms with van der Waals surface area (Å²) in [5, 5.41) is 2.99. The number of sulfonamides is 1. The zero-order chi connectivity index (χ0) is 21.3. The number of para-hydroxylation sites is 1. The summed E-state index contributed by atoms with van der Waals surface area (Å²) in [5.41, 5.74) is 2.25. The van der Waals surface area contributed by atoms with Crippen LogP contribution in [0.5, 0.6) is 0 Å². The molecule has 0 saturated carbocycles. The molecule has 2 rings (SSSR count). The SMILES string of the molecule is Cc1cccc(C(C)C)c1NC(=O)c1ccc(Cl)c(S(=O)(=O)NC(C)(C)C)c1. The van der Waals surface area contributed by atoms with Crippen molar-refractivity contribution in [3.63, 3.8) is 0 Å². The second-order valence-corrected chi connectivity index (χ2v) is 10.2. The van der Waals surface area contributed by atoms with Gasteiger partial charge in [0.25, 0.3) is 5.91 Å². The van der Waals surface area contributed by atoms with Gasteiger partial charge in [0.2, 0.25) is 10.0 Å². The summed E-state index contributed by atoms with van der Waals surface area (Å²) >= 11 is 6.12. The zero-order valence-corrected chi connectivity index (χ0v) is 18.6. The second-order valence-electron chi connectivity index (χ2n) is 8.15. The van der Waals surface area contributed by atoms with Gasteiger partial charge in [-0.25, -0.2) is 13.1 Å². The number of rotatable bonds is 5. The molecule has 0 bridgehead atoms. The topological polar surface area (TPSA) is 75.3 Å². The fourth-order valence-corrected chi connectivity index (χ4v) is 4.78. The van der Waals surface area contributed by atoms with E-state index in [2.05, 4.69) is 23.9 Å². The van der Waals surface area contributed by atoms with Crippen LogP contribution in [-0.2, 0) is 10.0 Å². The monoisotopic (exact) mass is 422 g/mol. The maximum absolute atomic E-state index is 12.8. The van der Waals surface area contributed by atoms with E-state index >= 15 is 0 Å². The van der Waals surface area contributed by atoms with Crippen LogP contribution in [0.2, 0.25) is 5.02 Å². The summed E-state index contributed by atoms with van der Waals surface area (Å²) in [6, 6.07) is 10.1. The van der Waals surface area contributed by atoms with Crippen LogP contribution in [0, 0.1) is 6.92 Å². The average molecular weight is 423 g/mol. The molecule has 2 N–H and O–H groups in total. The molecule has 0 atom stereocenters. The van der Waals surface area contributed by atoms with E-state index in [0.717, 1.165) is 16.8 Å². The van der Waals surface area contributed by atoms with Crippen LogP contribution < -0.4 is 10.0 Å². The molecular weight excluding hydrogens is 396 g/mol. The molecule has 0 unspecified atom stereocenters. The fraction of sp³-hybridized carbons (Fsp3) is 0.381. The van der Waals surface area contributed by atoms with Gasteiger partial charge in [-0.2, -0.15) is 0 Å². The lowest BCUT2D eigenvalue weighted by Gasteiger charge is -2.21. The van der Waals surface area contributed by atoms with E-state index in [4.69, 9.17) is 11.6 Å². The van der Waals surface area contributed by atoms with Gasteiger partial charge >= 0.3 is 0 Å². The number of halogens is 1. The number of benzene rings is 2. The van der Waals surface area contributed by atoms with Gasteiger partial charge in [0, 0.05) is 16.8 Å². The molecule has 152 valence electrons. The fourth-order valence-electron chi connectivity index (χ4n) is 2.84. The highest BCUT2D eigenvalue weighted by Crippen LogP contribution is 2.29. The van der Waals surface area contributed by atoms with Crippen molar-refractivity contribution in [2.45, 2.75) is 57.9 Å². The summed E-state index contributed by atoms with van der Waals surface area (Å²) in [7, 11) is -3.87. The number of hydrogen-bond acceptors (Lipinski definition) is 3. The molecule has 5 nitrogen and oxygen atoms in total. The molecule has 0 fully saturated rings. The standard InChI is InChI=1S/C21H27ClN2O3S/c1-13(2)16-9-7-8-14(3)19(16)23-20(25)15-10-11-17(22)18(12-15)28(26,27)24-21(4,5)6/h7-13,24H,1-6H3,(H,23,25). The highest BCUT2D eigenvalue weighted by molar-refractivity contribution is 7.89. The first-order valence-corrected chi connectivity index (χ1v) is 10.9. The molecule has 0 aliphatic carbocycles. The van der Waals surface area contributed by atoms with Gasteiger partial charge in [-0.1, -0.05) is 43.6 Å². The molecule has 0 heterocycles. The van der Waals surface area contributed by atoms with E-state index in [1.807, 2.05) is 25.1 Å². The molecule has 7 heteroatoms. The Morgan fingerprint density at radius 1 is 1.11 bits per heavy atom. The molecule has 2 aromatic carbocycles. The Morgan fingerprint density at radius 2 is 1.75 bits per heavy atom. The van der Waals surface area contributed by atoms with Crippen molar-refractivity contribution in [1.82, 2.24) is 4.72 Å². The lowest BCUT2D eigenvalue weighted by molar-refractivity contribution is 0.102. The van der Waals surface area contributed by atoms with Crippen LogP contribution in [0.4, 0.5) is 5.69 Å². The molecule has 1 amide bonds. The highest BCUT2D eigenvalue weighted by Gasteiger charge is 2.25. The summed E-state index contributed by atoms with van der Waals surface area (Å²) in [6.45, 7) is 11.2. The van der Waals surface area contributed by atoms with Crippen LogP contribution >= 0.6 is 11.6 Å². The molecule has 0 spiro atoms. The maximum Gasteiger partial charge on any atom is 0.255 e. The van der Waals surface area contributed by atoms with Gasteiger partial charge in [0.1, 0.15) is 4.90 Å². The van der Waals surface area contributed by atoms with Gasteiger partial charge in [-0.15, -0.1) is 0 Å². The largest absolute Gasteiger partial charge is 0.321 e. The molecule has 0 aliphatic rings. The minimum atomic E-state index is -3.87. The molecule has 0 aliphatic heterocycles. The van der Waals surface area contributed by atoms with Crippen LogP contribution in [-0.4, -0.2) is 19.9 Å². The van der Waals surface area contributed by atoms with Gasteiger partial charge in [-0.3, -0.25) is 4.79 Å². The van der Waals surface area contributed by atoms with E-state index in [1.165, 1.54) is 18.2 Å². The summed E-state index contributed by atoms with van der Waals surface area (Å²) in [6.07, 6.45) is 0. The van der Waals surface area contributed by atoms with Gasteiger partial charge in [0.05, 0.1) is 5.02 Å². The predicted octanol–water partition coefficient (Wildman–Crippen LogP) is 5.10. The number of carbonyl (C=O) groups excluding carboxylic acids is 1. The molecule has 28 heavy (non-hydrogen) atoms. The minimum absolute atomic E-state index is 0.0621. The number of amides is 1. The van der Waals surface area contributed by atoms with Gasteiger partial charge < -0.3 is 5.32 Å². The number of carbonyl (C=O) groups is 1. The van der Waals surface area contributed by atoms with E-state index in [0.29, 0.717) is 0 Å². The van der Waals surface area contributed by atoms with Crippen molar-refractivity contribution in [2.75, 3.05) is 5.32 Å². The molecule has 0 radical (unpaired) electrons. The van der Waals surface area contributed by atoms with Crippen molar-refractivity contribution in [3.8, 4) is 0 Å². The third kappa shape index (κ3) is 5.34. The lowest BCUT2D eigenvalue weighted by atomic mass is 9.98. The Bertz CT molecular complexity index is 993. The number of aryl methyl sites for hydroxylation is 1. The van der Waals surface area contributed by atoms with Crippen LogP contribution in [0.15, 0.2) is 41.3 Å². The Balaban J connectivity index is 2.42. The summed E-state index contributed by atoms with van der Waals surface area (Å²) < 4.78 is 27.9. The van der Waals surface area contributed by atoms with Crippen LogP contribution in [0.25, 0.3) is 0 Å². The zero-order valence-electron chi connectivity index (χ0n) is 17.1. The number of anilines is 1. The number of nitrogens with one attached hydrogen (secondary N) is 2. The first-order valence-electron chi connectivity index (χ1n) is 9.06.